The minimum atomic E-state index is -0.701. The van der Waals surface area contributed by atoms with Crippen LogP contribution in [0.25, 0.3) is 21.8 Å². The number of H-pyrrole nitrogens is 1. The number of amides is 1. The summed E-state index contributed by atoms with van der Waals surface area (Å²) < 4.78 is 26.9. The van der Waals surface area contributed by atoms with Gasteiger partial charge < -0.3 is 10.3 Å². The van der Waals surface area contributed by atoms with E-state index in [0.717, 1.165) is 40.0 Å². The maximum Gasteiger partial charge on any atom is 0.272 e. The van der Waals surface area contributed by atoms with Crippen LogP contribution in [0.3, 0.4) is 0 Å². The molecule has 0 fully saturated rings. The lowest BCUT2D eigenvalue weighted by atomic mass is 10.1. The summed E-state index contributed by atoms with van der Waals surface area (Å²) in [6, 6.07) is 12.1. The number of nitrogens with zero attached hydrogens (tertiary/aromatic N) is 1. The number of carbonyl (C=O) groups excluding carboxylic acids is 1. The highest BCUT2D eigenvalue weighted by atomic mass is 19.1. The number of aromatic amines is 1. The van der Waals surface area contributed by atoms with Crippen LogP contribution in [-0.2, 0) is 0 Å². The summed E-state index contributed by atoms with van der Waals surface area (Å²) in [4.78, 5) is 19.7. The van der Waals surface area contributed by atoms with Gasteiger partial charge in [0.2, 0.25) is 0 Å². The molecule has 24 heavy (non-hydrogen) atoms. The van der Waals surface area contributed by atoms with Crippen molar-refractivity contribution in [3.8, 4) is 0 Å². The molecule has 1 amide bonds. The molecule has 118 valence electrons. The standard InChI is InChI=1S/C18H11F2N3O/c19-12-5-6-13(20)14(9-12)23-18(24)15-8-11-4-3-10-2-1-7-21-16(10)17(11)22-15/h1-9,22H,(H,23,24). The predicted molar refractivity (Wildman–Crippen MR) is 87.9 cm³/mol. The molecular formula is C18H11F2N3O. The molecule has 2 aromatic heterocycles. The van der Waals surface area contributed by atoms with Gasteiger partial charge >= 0.3 is 0 Å². The lowest BCUT2D eigenvalue weighted by Crippen LogP contribution is -2.13. The summed E-state index contributed by atoms with van der Waals surface area (Å²) in [5.74, 6) is -1.88. The van der Waals surface area contributed by atoms with E-state index in [1.165, 1.54) is 0 Å². The first-order chi connectivity index (χ1) is 11.6. The highest BCUT2D eigenvalue weighted by Gasteiger charge is 2.14. The van der Waals surface area contributed by atoms with Gasteiger partial charge in [-0.2, -0.15) is 0 Å². The van der Waals surface area contributed by atoms with Crippen LogP contribution in [0.4, 0.5) is 14.5 Å². The number of nitrogens with one attached hydrogen (secondary N) is 2. The van der Waals surface area contributed by atoms with E-state index >= 15 is 0 Å². The molecule has 2 aromatic carbocycles. The first-order valence-electron chi connectivity index (χ1n) is 7.25. The van der Waals surface area contributed by atoms with Crippen molar-refractivity contribution in [3.05, 3.63) is 72.1 Å². The van der Waals surface area contributed by atoms with E-state index in [1.807, 2.05) is 24.3 Å². The first kappa shape index (κ1) is 14.3. The Hall–Kier alpha value is -3.28. The second-order valence-electron chi connectivity index (χ2n) is 5.37. The summed E-state index contributed by atoms with van der Waals surface area (Å²) in [5.41, 5.74) is 1.50. The number of fused-ring (bicyclic) bond motifs is 3. The monoisotopic (exact) mass is 323 g/mol. The molecular weight excluding hydrogens is 312 g/mol. The van der Waals surface area contributed by atoms with Crippen LogP contribution in [0.15, 0.2) is 54.7 Å². The molecule has 0 bridgehead atoms. The zero-order valence-electron chi connectivity index (χ0n) is 12.3. The molecule has 0 aliphatic rings. The molecule has 0 unspecified atom stereocenters. The Morgan fingerprint density at radius 3 is 2.75 bits per heavy atom. The summed E-state index contributed by atoms with van der Waals surface area (Å²) in [7, 11) is 0. The van der Waals surface area contributed by atoms with Crippen molar-refractivity contribution in [2.75, 3.05) is 5.32 Å². The van der Waals surface area contributed by atoms with E-state index in [0.29, 0.717) is 0 Å². The summed E-state index contributed by atoms with van der Waals surface area (Å²) in [5, 5.41) is 4.12. The van der Waals surface area contributed by atoms with E-state index in [1.54, 1.807) is 12.3 Å². The van der Waals surface area contributed by atoms with Gasteiger partial charge in [0.1, 0.15) is 17.3 Å². The van der Waals surface area contributed by atoms with E-state index in [9.17, 15) is 13.6 Å². The van der Waals surface area contributed by atoms with Crippen molar-refractivity contribution >= 4 is 33.4 Å². The number of halogens is 2. The highest BCUT2D eigenvalue weighted by molar-refractivity contribution is 6.10. The lowest BCUT2D eigenvalue weighted by Gasteiger charge is -2.05. The average Bonchev–Trinajstić information content (AvgIpc) is 3.03. The fraction of sp³-hybridized carbons (Fsp3) is 0. The van der Waals surface area contributed by atoms with E-state index in [4.69, 9.17) is 0 Å². The van der Waals surface area contributed by atoms with Crippen molar-refractivity contribution < 1.29 is 13.6 Å². The third-order valence-corrected chi connectivity index (χ3v) is 3.79. The minimum Gasteiger partial charge on any atom is -0.349 e. The fourth-order valence-electron chi connectivity index (χ4n) is 2.64. The molecule has 4 nitrogen and oxygen atoms in total. The Bertz CT molecular complexity index is 1090. The molecule has 2 N–H and O–H groups in total. The molecule has 0 aliphatic carbocycles. The molecule has 4 rings (SSSR count). The Morgan fingerprint density at radius 2 is 1.88 bits per heavy atom. The zero-order valence-corrected chi connectivity index (χ0v) is 12.3. The summed E-state index contributed by atoms with van der Waals surface area (Å²) in [6.07, 6.45) is 1.67. The fourth-order valence-corrected chi connectivity index (χ4v) is 2.64. The summed E-state index contributed by atoms with van der Waals surface area (Å²) in [6.45, 7) is 0. The van der Waals surface area contributed by atoms with Crippen molar-refractivity contribution in [3.63, 3.8) is 0 Å². The number of carbonyl (C=O) groups is 1. The van der Waals surface area contributed by atoms with Gasteiger partial charge in [-0.05, 0) is 24.3 Å². The van der Waals surface area contributed by atoms with Gasteiger partial charge in [-0.1, -0.05) is 18.2 Å². The molecule has 4 aromatic rings. The molecule has 0 atom stereocenters. The maximum absolute atomic E-state index is 13.7. The number of aromatic nitrogens is 2. The van der Waals surface area contributed by atoms with Crippen LogP contribution in [0, 0.1) is 11.6 Å². The second kappa shape index (κ2) is 5.42. The molecule has 6 heteroatoms. The van der Waals surface area contributed by atoms with Gasteiger partial charge in [-0.3, -0.25) is 9.78 Å². The Balaban J connectivity index is 1.74. The number of benzene rings is 2. The SMILES string of the molecule is O=C(Nc1cc(F)ccc1F)c1cc2ccc3cccnc3c2[nH]1. The van der Waals surface area contributed by atoms with E-state index in [-0.39, 0.29) is 11.4 Å². The van der Waals surface area contributed by atoms with Gasteiger partial charge in [0.15, 0.2) is 0 Å². The van der Waals surface area contributed by atoms with Crippen LogP contribution < -0.4 is 5.32 Å². The van der Waals surface area contributed by atoms with Crippen LogP contribution >= 0.6 is 0 Å². The number of anilines is 1. The Kier molecular flexibility index (Phi) is 3.23. The van der Waals surface area contributed by atoms with Crippen LogP contribution in [-0.4, -0.2) is 15.9 Å². The van der Waals surface area contributed by atoms with Crippen LogP contribution in [0.1, 0.15) is 10.5 Å². The Morgan fingerprint density at radius 1 is 1.04 bits per heavy atom. The minimum absolute atomic E-state index is 0.207. The number of hydrogen-bond acceptors (Lipinski definition) is 2. The van der Waals surface area contributed by atoms with Crippen molar-refractivity contribution in [2.24, 2.45) is 0 Å². The Labute approximate surface area is 135 Å². The maximum atomic E-state index is 13.7. The first-order valence-corrected chi connectivity index (χ1v) is 7.25. The second-order valence-corrected chi connectivity index (χ2v) is 5.37. The zero-order chi connectivity index (χ0) is 16.7. The van der Waals surface area contributed by atoms with E-state index < -0.39 is 17.5 Å². The molecule has 2 heterocycles. The third kappa shape index (κ3) is 2.38. The average molecular weight is 323 g/mol. The van der Waals surface area contributed by atoms with Crippen molar-refractivity contribution in [1.29, 1.82) is 0 Å². The van der Waals surface area contributed by atoms with Crippen LogP contribution in [0.5, 0.6) is 0 Å². The van der Waals surface area contributed by atoms with Crippen molar-refractivity contribution in [2.45, 2.75) is 0 Å². The quantitative estimate of drug-likeness (QED) is 0.579. The third-order valence-electron chi connectivity index (χ3n) is 3.79. The lowest BCUT2D eigenvalue weighted by molar-refractivity contribution is 0.102. The molecule has 0 aliphatic heterocycles. The van der Waals surface area contributed by atoms with Gasteiger partial charge in [0.25, 0.3) is 5.91 Å². The predicted octanol–water partition coefficient (Wildman–Crippen LogP) is 4.25. The normalized spacial score (nSPS) is 11.1. The molecule has 0 saturated carbocycles. The van der Waals surface area contributed by atoms with Gasteiger partial charge in [0, 0.05) is 23.0 Å². The van der Waals surface area contributed by atoms with Crippen molar-refractivity contribution in [1.82, 2.24) is 9.97 Å². The highest BCUT2D eigenvalue weighted by Crippen LogP contribution is 2.24. The van der Waals surface area contributed by atoms with Gasteiger partial charge in [-0.25, -0.2) is 8.78 Å². The molecule has 0 radical (unpaired) electrons. The number of pyridine rings is 1. The number of rotatable bonds is 2. The summed E-state index contributed by atoms with van der Waals surface area (Å²) >= 11 is 0. The number of hydrogen-bond donors (Lipinski definition) is 2. The van der Waals surface area contributed by atoms with Gasteiger partial charge in [0.05, 0.1) is 16.7 Å². The smallest absolute Gasteiger partial charge is 0.272 e. The molecule has 0 saturated heterocycles. The van der Waals surface area contributed by atoms with Gasteiger partial charge in [-0.15, -0.1) is 0 Å². The van der Waals surface area contributed by atoms with E-state index in [2.05, 4.69) is 15.3 Å². The topological polar surface area (TPSA) is 57.8 Å². The molecule has 0 spiro atoms. The van der Waals surface area contributed by atoms with Crippen LogP contribution in [0.2, 0.25) is 0 Å². The largest absolute Gasteiger partial charge is 0.349 e.